The first kappa shape index (κ1) is 22.7. The molecule has 3 atom stereocenters. The van der Waals surface area contributed by atoms with Crippen molar-refractivity contribution in [2.24, 2.45) is 11.8 Å². The summed E-state index contributed by atoms with van der Waals surface area (Å²) in [7, 11) is -3.56. The second-order valence-corrected chi connectivity index (χ2v) is 10.2. The van der Waals surface area contributed by atoms with Crippen LogP contribution in [0.15, 0.2) is 41.3 Å². The van der Waals surface area contributed by atoms with Crippen LogP contribution in [0.25, 0.3) is 0 Å². The average Bonchev–Trinajstić information content (AvgIpc) is 3.35. The number of sulfonamides is 1. The minimum Gasteiger partial charge on any atom is -0.358 e. The topological polar surface area (TPSA) is 90.5 Å². The zero-order valence-corrected chi connectivity index (χ0v) is 19.1. The van der Waals surface area contributed by atoms with Gasteiger partial charge in [0.05, 0.1) is 4.90 Å². The van der Waals surface area contributed by atoms with E-state index in [1.165, 1.54) is 28.6 Å². The SMILES string of the molecule is CCCN(CCC)S(=O)(=O)c1ccc(C(=O)NNC(=S)NC2CC3C=CC2C3)cc1. The van der Waals surface area contributed by atoms with E-state index in [-0.39, 0.29) is 10.8 Å². The standard InChI is InChI=1S/C21H30N4O3S2/c1-3-11-25(12-4-2)30(27,28)18-9-7-16(8-10-18)20(26)23-24-21(29)22-19-14-15-5-6-17(19)13-15/h5-10,15,17,19H,3-4,11-14H2,1-2H3,(H,23,26)(H2,22,24,29). The number of allylic oxidation sites excluding steroid dienone is 1. The van der Waals surface area contributed by atoms with Crippen molar-refractivity contribution in [1.29, 1.82) is 0 Å². The van der Waals surface area contributed by atoms with Gasteiger partial charge in [0.25, 0.3) is 5.91 Å². The number of thiocarbonyl (C=S) groups is 1. The Labute approximate surface area is 184 Å². The van der Waals surface area contributed by atoms with Crippen LogP contribution in [0.2, 0.25) is 0 Å². The van der Waals surface area contributed by atoms with E-state index in [1.54, 1.807) is 0 Å². The maximum Gasteiger partial charge on any atom is 0.269 e. The molecular formula is C21H30N4O3S2. The molecule has 2 bridgehead atoms. The number of benzene rings is 1. The summed E-state index contributed by atoms with van der Waals surface area (Å²) in [6, 6.07) is 6.27. The maximum atomic E-state index is 12.8. The summed E-state index contributed by atoms with van der Waals surface area (Å²) < 4.78 is 27.1. The van der Waals surface area contributed by atoms with E-state index < -0.39 is 10.0 Å². The molecule has 1 aromatic rings. The quantitative estimate of drug-likeness (QED) is 0.320. The van der Waals surface area contributed by atoms with Gasteiger partial charge in [-0.05, 0) is 74.0 Å². The van der Waals surface area contributed by atoms with E-state index in [9.17, 15) is 13.2 Å². The third-order valence-electron chi connectivity index (χ3n) is 5.59. The van der Waals surface area contributed by atoms with Crippen LogP contribution in [-0.2, 0) is 10.0 Å². The first-order valence-corrected chi connectivity index (χ1v) is 12.3. The van der Waals surface area contributed by atoms with Crippen molar-refractivity contribution in [2.75, 3.05) is 13.1 Å². The number of nitrogens with zero attached hydrogens (tertiary/aromatic N) is 1. The van der Waals surface area contributed by atoms with E-state index in [0.29, 0.717) is 41.6 Å². The molecule has 3 rings (SSSR count). The summed E-state index contributed by atoms with van der Waals surface area (Å²) in [6.45, 7) is 4.86. The minimum absolute atomic E-state index is 0.190. The molecule has 0 spiro atoms. The molecule has 2 aliphatic rings. The van der Waals surface area contributed by atoms with Crippen molar-refractivity contribution >= 4 is 33.3 Å². The molecule has 3 N–H and O–H groups in total. The molecule has 2 aliphatic carbocycles. The van der Waals surface area contributed by atoms with Gasteiger partial charge >= 0.3 is 0 Å². The summed E-state index contributed by atoms with van der Waals surface area (Å²) in [5, 5.41) is 3.63. The molecule has 0 aliphatic heterocycles. The largest absolute Gasteiger partial charge is 0.358 e. The van der Waals surface area contributed by atoms with E-state index in [4.69, 9.17) is 12.2 Å². The van der Waals surface area contributed by atoms with Crippen molar-refractivity contribution in [1.82, 2.24) is 20.5 Å². The van der Waals surface area contributed by atoms with Gasteiger partial charge in [-0.3, -0.25) is 15.6 Å². The summed E-state index contributed by atoms with van der Waals surface area (Å²) in [5.74, 6) is 0.750. The molecule has 0 saturated heterocycles. The molecule has 1 aromatic carbocycles. The van der Waals surface area contributed by atoms with Crippen LogP contribution in [-0.4, -0.2) is 42.9 Å². The highest BCUT2D eigenvalue weighted by Gasteiger charge is 2.35. The van der Waals surface area contributed by atoms with Gasteiger partial charge in [-0.15, -0.1) is 0 Å². The molecule has 164 valence electrons. The number of nitrogens with one attached hydrogen (secondary N) is 3. The molecule has 0 aromatic heterocycles. The zero-order chi connectivity index (χ0) is 21.7. The molecule has 0 radical (unpaired) electrons. The van der Waals surface area contributed by atoms with Gasteiger partial charge < -0.3 is 5.32 Å². The Morgan fingerprint density at radius 1 is 1.07 bits per heavy atom. The van der Waals surface area contributed by atoms with Gasteiger partial charge in [0.2, 0.25) is 10.0 Å². The van der Waals surface area contributed by atoms with Crippen molar-refractivity contribution in [2.45, 2.75) is 50.5 Å². The van der Waals surface area contributed by atoms with Gasteiger partial charge in [-0.2, -0.15) is 4.31 Å². The second kappa shape index (κ2) is 9.89. The van der Waals surface area contributed by atoms with Crippen LogP contribution in [0.4, 0.5) is 0 Å². The van der Waals surface area contributed by atoms with E-state index in [1.807, 2.05) is 13.8 Å². The van der Waals surface area contributed by atoms with Crippen LogP contribution in [0.5, 0.6) is 0 Å². The summed E-state index contributed by atoms with van der Waals surface area (Å²) in [6.07, 6.45) is 8.20. The molecule has 30 heavy (non-hydrogen) atoms. The Morgan fingerprint density at radius 3 is 2.27 bits per heavy atom. The number of hydrogen-bond acceptors (Lipinski definition) is 4. The highest BCUT2D eigenvalue weighted by Crippen LogP contribution is 2.38. The monoisotopic (exact) mass is 450 g/mol. The number of hydrazine groups is 1. The van der Waals surface area contributed by atoms with Gasteiger partial charge in [0.1, 0.15) is 0 Å². The zero-order valence-electron chi connectivity index (χ0n) is 17.4. The first-order valence-electron chi connectivity index (χ1n) is 10.5. The fourth-order valence-electron chi connectivity index (χ4n) is 4.12. The van der Waals surface area contributed by atoms with Crippen molar-refractivity contribution in [3.05, 3.63) is 42.0 Å². The Balaban J connectivity index is 1.54. The molecule has 9 heteroatoms. The number of rotatable bonds is 8. The Morgan fingerprint density at radius 2 is 1.73 bits per heavy atom. The molecule has 7 nitrogen and oxygen atoms in total. The van der Waals surface area contributed by atoms with Gasteiger partial charge in [0, 0.05) is 24.7 Å². The van der Waals surface area contributed by atoms with Crippen molar-refractivity contribution in [3.8, 4) is 0 Å². The highest BCUT2D eigenvalue weighted by molar-refractivity contribution is 7.89. The first-order chi connectivity index (χ1) is 14.3. The van der Waals surface area contributed by atoms with Crippen LogP contribution < -0.4 is 16.2 Å². The van der Waals surface area contributed by atoms with Crippen molar-refractivity contribution < 1.29 is 13.2 Å². The summed E-state index contributed by atoms with van der Waals surface area (Å²) in [5.41, 5.74) is 5.65. The third kappa shape index (κ3) is 5.19. The average molecular weight is 451 g/mol. The van der Waals surface area contributed by atoms with Crippen LogP contribution in [0.3, 0.4) is 0 Å². The Kier molecular flexibility index (Phi) is 7.49. The predicted molar refractivity (Wildman–Crippen MR) is 121 cm³/mol. The fourth-order valence-corrected chi connectivity index (χ4v) is 5.94. The Bertz CT molecular complexity index is 893. The molecule has 1 saturated carbocycles. The molecular weight excluding hydrogens is 420 g/mol. The number of carbonyl (C=O) groups is 1. The number of carbonyl (C=O) groups excluding carboxylic acids is 1. The lowest BCUT2D eigenvalue weighted by molar-refractivity contribution is 0.0943. The molecule has 0 heterocycles. The van der Waals surface area contributed by atoms with Gasteiger partial charge in [-0.1, -0.05) is 26.0 Å². The van der Waals surface area contributed by atoms with Crippen molar-refractivity contribution in [3.63, 3.8) is 0 Å². The normalized spacial score (nSPS) is 22.3. The van der Waals surface area contributed by atoms with Crippen LogP contribution >= 0.6 is 12.2 Å². The predicted octanol–water partition coefficient (Wildman–Crippen LogP) is 2.57. The van der Waals surface area contributed by atoms with Gasteiger partial charge in [0.15, 0.2) is 5.11 Å². The summed E-state index contributed by atoms with van der Waals surface area (Å²) in [4.78, 5) is 12.6. The molecule has 1 fully saturated rings. The lowest BCUT2D eigenvalue weighted by Gasteiger charge is -2.22. The molecule has 1 amide bonds. The minimum atomic E-state index is -3.56. The van der Waals surface area contributed by atoms with E-state index in [0.717, 1.165) is 25.7 Å². The summed E-state index contributed by atoms with van der Waals surface area (Å²) >= 11 is 5.28. The number of amides is 1. The maximum absolute atomic E-state index is 12.8. The lowest BCUT2D eigenvalue weighted by atomic mass is 10.0. The fraction of sp³-hybridized carbons (Fsp3) is 0.524. The highest BCUT2D eigenvalue weighted by atomic mass is 32.2. The van der Waals surface area contributed by atoms with Crippen LogP contribution in [0.1, 0.15) is 49.9 Å². The van der Waals surface area contributed by atoms with E-state index >= 15 is 0 Å². The smallest absolute Gasteiger partial charge is 0.269 e. The number of fused-ring (bicyclic) bond motifs is 2. The lowest BCUT2D eigenvalue weighted by Crippen LogP contribution is -2.50. The number of hydrogen-bond donors (Lipinski definition) is 3. The Hall–Kier alpha value is -1.97. The van der Waals surface area contributed by atoms with E-state index in [2.05, 4.69) is 28.3 Å². The molecule has 3 unspecified atom stereocenters. The van der Waals surface area contributed by atoms with Crippen LogP contribution in [0, 0.1) is 11.8 Å². The second-order valence-electron chi connectivity index (χ2n) is 7.87. The third-order valence-corrected chi connectivity index (χ3v) is 7.72. The van der Waals surface area contributed by atoms with Gasteiger partial charge in [-0.25, -0.2) is 8.42 Å².